The Morgan fingerprint density at radius 3 is 1.67 bits per heavy atom. The lowest BCUT2D eigenvalue weighted by Gasteiger charge is -2.33. The first-order valence-electron chi connectivity index (χ1n) is 33.2. The lowest BCUT2D eigenvalue weighted by molar-refractivity contribution is -0.150. The average Bonchev–Trinajstić information content (AvgIpc) is 1.61. The summed E-state index contributed by atoms with van der Waals surface area (Å²) in [4.78, 5) is 119. The number of hydrogen-bond acceptors (Lipinski definition) is 12. The Bertz CT molecular complexity index is 3750. The Kier molecular flexibility index (Phi) is 24.3. The number of hydrogen-bond donors (Lipinski definition) is 8. The highest BCUT2D eigenvalue weighted by molar-refractivity contribution is 5.97. The maximum Gasteiger partial charge on any atom is 0.407 e. The number of alkyl carbamates (subject to hydrolysis) is 2. The highest BCUT2D eigenvalue weighted by Crippen LogP contribution is 2.44. The molecule has 1 fully saturated rings. The number of carbonyl (C=O) groups excluding carboxylic acids is 8. The van der Waals surface area contributed by atoms with Crippen LogP contribution in [0, 0.1) is 5.92 Å². The number of fused-ring (bicyclic) bond motifs is 4. The molecule has 1 aromatic heterocycles. The number of benzene rings is 6. The summed E-state index contributed by atoms with van der Waals surface area (Å²) >= 11 is 0. The van der Waals surface area contributed by atoms with Crippen LogP contribution < -0.4 is 37.2 Å². The van der Waals surface area contributed by atoms with Crippen LogP contribution >= 0.6 is 0 Å². The molecule has 96 heavy (non-hydrogen) atoms. The zero-order valence-electron chi connectivity index (χ0n) is 55.7. The summed E-state index contributed by atoms with van der Waals surface area (Å²) in [6.07, 6.45) is 1.39. The molecule has 506 valence electrons. The molecule has 8 N–H and O–H groups in total. The molecule has 2 aliphatic rings. The number of unbranched alkanes of at least 4 members (excludes halogenated alkanes) is 1. The molecule has 6 unspecified atom stereocenters. The van der Waals surface area contributed by atoms with Crippen LogP contribution in [0.1, 0.15) is 126 Å². The molecule has 1 saturated carbocycles. The van der Waals surface area contributed by atoms with Gasteiger partial charge in [-0.25, -0.2) is 9.59 Å². The topological polar surface area (TPSA) is 273 Å². The molecule has 20 heteroatoms. The van der Waals surface area contributed by atoms with Crippen molar-refractivity contribution in [2.24, 2.45) is 5.92 Å². The van der Waals surface area contributed by atoms with Crippen LogP contribution in [0.25, 0.3) is 22.0 Å². The van der Waals surface area contributed by atoms with E-state index in [1.165, 1.54) is 0 Å². The van der Waals surface area contributed by atoms with Crippen LogP contribution in [0.15, 0.2) is 170 Å². The van der Waals surface area contributed by atoms with Crippen LogP contribution in [0.3, 0.4) is 0 Å². The second-order valence-corrected chi connectivity index (χ2v) is 26.7. The summed E-state index contributed by atoms with van der Waals surface area (Å²) in [6.45, 7) is 12.5. The molecule has 0 radical (unpaired) electrons. The third-order valence-corrected chi connectivity index (χ3v) is 17.1. The van der Waals surface area contributed by atoms with Gasteiger partial charge in [0.2, 0.25) is 29.5 Å². The maximum atomic E-state index is 15.4. The molecule has 1 heterocycles. The van der Waals surface area contributed by atoms with E-state index in [9.17, 15) is 19.2 Å². The summed E-state index contributed by atoms with van der Waals surface area (Å²) in [7, 11) is 0. The van der Waals surface area contributed by atoms with E-state index in [0.717, 1.165) is 44.3 Å². The Balaban J connectivity index is 0.974. The SMILES string of the molecule is CC(OC(C)(C)C)C(NC(=O)C(CCCCNC(=O)OC(C)(C)C)NC(=O)C(Cc1c[nH]c2ccccc12)NC(=O)C(Cc1ccccc1)NC(=O)OCC1c2ccccc2-c2ccccc21)C(=O)NC(Cc1ccccc1)C(=O)N[C@@H]1CCC[C@H]1C(=O)OCc1ccccc1. The number of amides is 7. The summed E-state index contributed by atoms with van der Waals surface area (Å²) in [5, 5.41) is 21.1. The van der Waals surface area contributed by atoms with Gasteiger partial charge in [-0.15, -0.1) is 0 Å². The minimum absolute atomic E-state index is 0.0116. The molecular weight excluding hydrogens is 1220 g/mol. The number of nitrogens with one attached hydrogen (secondary N) is 8. The predicted octanol–water partition coefficient (Wildman–Crippen LogP) is 9.97. The molecule has 0 saturated heterocycles. The normalized spacial score (nSPS) is 16.2. The first kappa shape index (κ1) is 70.5. The molecule has 20 nitrogen and oxygen atoms in total. The number of esters is 1. The van der Waals surface area contributed by atoms with Crippen molar-refractivity contribution < 1.29 is 57.3 Å². The number of H-pyrrole nitrogens is 1. The van der Waals surface area contributed by atoms with Crippen LogP contribution in [0.5, 0.6) is 0 Å². The fourth-order valence-corrected chi connectivity index (χ4v) is 12.5. The lowest BCUT2D eigenvalue weighted by Crippen LogP contribution is -2.62. The van der Waals surface area contributed by atoms with Crippen LogP contribution in [-0.2, 0) is 73.6 Å². The van der Waals surface area contributed by atoms with E-state index in [4.69, 9.17) is 18.9 Å². The first-order valence-corrected chi connectivity index (χ1v) is 33.2. The molecule has 0 aliphatic heterocycles. The van der Waals surface area contributed by atoms with Crippen molar-refractivity contribution in [1.29, 1.82) is 0 Å². The Morgan fingerprint density at radius 1 is 0.521 bits per heavy atom. The Morgan fingerprint density at radius 2 is 1.05 bits per heavy atom. The van der Waals surface area contributed by atoms with E-state index in [0.29, 0.717) is 36.8 Å². The van der Waals surface area contributed by atoms with Crippen molar-refractivity contribution in [2.75, 3.05) is 13.2 Å². The largest absolute Gasteiger partial charge is 0.461 e. The van der Waals surface area contributed by atoms with Crippen molar-refractivity contribution in [2.45, 2.75) is 172 Å². The highest BCUT2D eigenvalue weighted by Gasteiger charge is 2.40. The summed E-state index contributed by atoms with van der Waals surface area (Å²) < 4.78 is 23.5. The van der Waals surface area contributed by atoms with Gasteiger partial charge in [0.15, 0.2) is 0 Å². The van der Waals surface area contributed by atoms with Gasteiger partial charge >= 0.3 is 18.2 Å². The average molecular weight is 1310 g/mol. The fraction of sp³-hybridized carbons (Fsp3) is 0.395. The molecule has 0 spiro atoms. The Hall–Kier alpha value is -9.82. The van der Waals surface area contributed by atoms with E-state index in [1.54, 1.807) is 54.7 Å². The van der Waals surface area contributed by atoms with Crippen molar-refractivity contribution in [3.05, 3.63) is 203 Å². The minimum Gasteiger partial charge on any atom is -0.461 e. The van der Waals surface area contributed by atoms with Crippen LogP contribution in [0.4, 0.5) is 9.59 Å². The molecule has 2 aliphatic carbocycles. The highest BCUT2D eigenvalue weighted by atomic mass is 16.6. The lowest BCUT2D eigenvalue weighted by atomic mass is 9.98. The third-order valence-electron chi connectivity index (χ3n) is 17.1. The minimum atomic E-state index is -1.48. The molecule has 0 bridgehead atoms. The summed E-state index contributed by atoms with van der Waals surface area (Å²) in [5.41, 5.74) is 6.20. The van der Waals surface area contributed by atoms with Gasteiger partial charge < -0.3 is 61.1 Å². The monoisotopic (exact) mass is 1310 g/mol. The standard InChI is InChI=1S/C76H90N8O12/c1-48(95-75(2,3)4)66(71(89)82-63(42-49-26-11-8-12-27-49)68(86)79-61-40-25-37-58(61)72(90)93-46-51-30-15-10-16-31-51)84-67(85)62(39-23-24-41-77-73(91)96-76(5,6)7)80-70(88)65(44-52-45-78-60-38-22-21-32-53(52)60)81-69(87)64(43-50-28-13-9-14-29-50)83-74(92)94-47-59-56-35-19-17-33-54(56)55-34-18-20-36-57(55)59/h8-22,26-36,38,45,48,58-59,61-66,78H,23-25,37,39-44,46-47H2,1-7H3,(H,77,91)(H,79,86)(H,80,88)(H,81,87)(H,82,89)(H,83,92)(H,84,85)/t48?,58-,61-,62?,63?,64?,65?,66?/m1/s1. The van der Waals surface area contributed by atoms with E-state index >= 15 is 19.2 Å². The number of ether oxygens (including phenoxy) is 4. The van der Waals surface area contributed by atoms with Gasteiger partial charge in [0, 0.05) is 54.9 Å². The van der Waals surface area contributed by atoms with E-state index in [2.05, 4.69) is 42.2 Å². The zero-order valence-corrected chi connectivity index (χ0v) is 55.7. The van der Waals surface area contributed by atoms with E-state index in [-0.39, 0.29) is 57.8 Å². The van der Waals surface area contributed by atoms with Crippen LogP contribution in [-0.4, -0.2) is 119 Å². The number of carbonyl (C=O) groups is 8. The van der Waals surface area contributed by atoms with Gasteiger partial charge in [-0.05, 0) is 131 Å². The van der Waals surface area contributed by atoms with Gasteiger partial charge in [-0.2, -0.15) is 0 Å². The van der Waals surface area contributed by atoms with Crippen molar-refractivity contribution in [1.82, 2.24) is 42.2 Å². The third kappa shape index (κ3) is 20.1. The molecule has 7 aromatic rings. The molecule has 7 amide bonds. The second kappa shape index (κ2) is 33.0. The second-order valence-electron chi connectivity index (χ2n) is 26.7. The van der Waals surface area contributed by atoms with Gasteiger partial charge in [0.05, 0.1) is 17.6 Å². The zero-order chi connectivity index (χ0) is 68.4. The van der Waals surface area contributed by atoms with Gasteiger partial charge in [0.25, 0.3) is 0 Å². The van der Waals surface area contributed by atoms with E-state index in [1.807, 2.05) is 164 Å². The quantitative estimate of drug-likeness (QED) is 0.0124. The molecule has 9 rings (SSSR count). The first-order chi connectivity index (χ1) is 46.0. The fourth-order valence-electron chi connectivity index (χ4n) is 12.5. The van der Waals surface area contributed by atoms with Crippen molar-refractivity contribution in [3.8, 4) is 11.1 Å². The predicted molar refractivity (Wildman–Crippen MR) is 366 cm³/mol. The van der Waals surface area contributed by atoms with Crippen molar-refractivity contribution >= 4 is 58.6 Å². The molecule has 8 atom stereocenters. The number of rotatable bonds is 29. The van der Waals surface area contributed by atoms with Gasteiger partial charge in [0.1, 0.15) is 49.0 Å². The number of aromatic amines is 1. The summed E-state index contributed by atoms with van der Waals surface area (Å²) in [5.74, 6) is -4.94. The van der Waals surface area contributed by atoms with Crippen LogP contribution in [0.2, 0.25) is 0 Å². The Labute approximate surface area is 561 Å². The van der Waals surface area contributed by atoms with Gasteiger partial charge in [-0.1, -0.05) is 164 Å². The maximum absolute atomic E-state index is 15.4. The molecule has 6 aromatic carbocycles. The van der Waals surface area contributed by atoms with Gasteiger partial charge in [-0.3, -0.25) is 28.8 Å². The number of aromatic nitrogens is 1. The molecular formula is C76H90N8O12. The number of para-hydroxylation sites is 1. The smallest absolute Gasteiger partial charge is 0.407 e. The van der Waals surface area contributed by atoms with Crippen molar-refractivity contribution in [3.63, 3.8) is 0 Å². The van der Waals surface area contributed by atoms with E-state index < -0.39 is 107 Å². The summed E-state index contributed by atoms with van der Waals surface area (Å²) in [6, 6.07) is 43.6.